The van der Waals surface area contributed by atoms with Crippen molar-refractivity contribution < 1.29 is 14.5 Å². The van der Waals surface area contributed by atoms with Gasteiger partial charge in [0.05, 0.1) is 22.8 Å². The summed E-state index contributed by atoms with van der Waals surface area (Å²) >= 11 is 7.09. The Morgan fingerprint density at radius 2 is 1.96 bits per heavy atom. The summed E-state index contributed by atoms with van der Waals surface area (Å²) in [4.78, 5) is 23.9. The second kappa shape index (κ2) is 7.99. The van der Waals surface area contributed by atoms with Gasteiger partial charge >= 0.3 is 5.97 Å². The monoisotopic (exact) mass is 351 g/mol. The lowest BCUT2D eigenvalue weighted by molar-refractivity contribution is -0.388. The summed E-state index contributed by atoms with van der Waals surface area (Å²) in [6.45, 7) is 1.94. The van der Waals surface area contributed by atoms with E-state index in [1.807, 2.05) is 0 Å². The minimum atomic E-state index is -0.482. The molecule has 0 aromatic heterocycles. The van der Waals surface area contributed by atoms with E-state index in [1.165, 1.54) is 11.8 Å². The number of nitro benzene ring substituents is 1. The Kier molecular flexibility index (Phi) is 6.01. The molecule has 0 unspecified atom stereocenters. The zero-order valence-corrected chi connectivity index (χ0v) is 13.9. The fourth-order valence-electron chi connectivity index (χ4n) is 2.00. The van der Waals surface area contributed by atoms with Crippen molar-refractivity contribution in [2.75, 3.05) is 6.61 Å². The molecule has 0 amide bonds. The highest BCUT2D eigenvalue weighted by molar-refractivity contribution is 7.99. The molecule has 5 nitrogen and oxygen atoms in total. The number of para-hydroxylation sites is 1. The Labute approximate surface area is 142 Å². The molecule has 0 bridgehead atoms. The molecule has 0 aliphatic carbocycles. The summed E-state index contributed by atoms with van der Waals surface area (Å²) in [6.07, 6.45) is -0.126. The largest absolute Gasteiger partial charge is 0.466 e. The van der Waals surface area contributed by atoms with E-state index in [2.05, 4.69) is 0 Å². The van der Waals surface area contributed by atoms with Gasteiger partial charge in [-0.05, 0) is 37.3 Å². The Balaban J connectivity index is 2.33. The second-order valence-electron chi connectivity index (χ2n) is 4.56. The minimum Gasteiger partial charge on any atom is -0.466 e. The van der Waals surface area contributed by atoms with E-state index < -0.39 is 10.9 Å². The van der Waals surface area contributed by atoms with Crippen molar-refractivity contribution in [3.63, 3.8) is 0 Å². The number of nitro groups is 1. The Morgan fingerprint density at radius 3 is 2.57 bits per heavy atom. The number of carbonyl (C=O) groups excluding carboxylic acids is 1. The predicted molar refractivity (Wildman–Crippen MR) is 89.0 cm³/mol. The third kappa shape index (κ3) is 4.71. The smallest absolute Gasteiger partial charge is 0.310 e. The second-order valence-corrected chi connectivity index (χ2v) is 6.11. The summed E-state index contributed by atoms with van der Waals surface area (Å²) in [5.74, 6) is -0.482. The molecule has 2 aromatic rings. The maximum absolute atomic E-state index is 11.6. The molecule has 2 rings (SSSR count). The van der Waals surface area contributed by atoms with Crippen LogP contribution in [0.2, 0.25) is 5.02 Å². The van der Waals surface area contributed by atoms with Crippen molar-refractivity contribution in [1.29, 1.82) is 0 Å². The Hall–Kier alpha value is -2.05. The number of ether oxygens (including phenoxy) is 1. The van der Waals surface area contributed by atoms with Gasteiger partial charge in [0.2, 0.25) is 0 Å². The highest BCUT2D eigenvalue weighted by Gasteiger charge is 2.22. The van der Waals surface area contributed by atoms with Crippen LogP contribution in [0.1, 0.15) is 12.5 Å². The quantitative estimate of drug-likeness (QED) is 0.435. The molecule has 2 aromatic carbocycles. The molecule has 0 spiro atoms. The van der Waals surface area contributed by atoms with Crippen molar-refractivity contribution in [3.05, 3.63) is 63.2 Å². The van der Waals surface area contributed by atoms with Gasteiger partial charge in [0, 0.05) is 15.5 Å². The fraction of sp³-hybridized carbons (Fsp3) is 0.188. The number of hydrogen-bond acceptors (Lipinski definition) is 5. The van der Waals surface area contributed by atoms with E-state index in [9.17, 15) is 14.9 Å². The third-order valence-electron chi connectivity index (χ3n) is 2.95. The Morgan fingerprint density at radius 1 is 1.26 bits per heavy atom. The molecule has 0 heterocycles. The van der Waals surface area contributed by atoms with Gasteiger partial charge in [0.1, 0.15) is 0 Å². The number of esters is 1. The lowest BCUT2D eigenvalue weighted by atomic mass is 10.1. The number of carbonyl (C=O) groups is 1. The van der Waals surface area contributed by atoms with Crippen molar-refractivity contribution in [2.45, 2.75) is 23.1 Å². The summed E-state index contributed by atoms with van der Waals surface area (Å²) in [5.41, 5.74) is 0.271. The molecule has 0 saturated carbocycles. The molecule has 7 heteroatoms. The summed E-state index contributed by atoms with van der Waals surface area (Å²) < 4.78 is 4.87. The predicted octanol–water partition coefficient (Wildman–Crippen LogP) is 4.51. The van der Waals surface area contributed by atoms with Gasteiger partial charge in [-0.1, -0.05) is 35.5 Å². The molecule has 0 aliphatic heterocycles. The van der Waals surface area contributed by atoms with Gasteiger partial charge in [-0.15, -0.1) is 0 Å². The lowest BCUT2D eigenvalue weighted by Crippen LogP contribution is -2.09. The molecule has 0 saturated heterocycles. The van der Waals surface area contributed by atoms with Gasteiger partial charge in [-0.3, -0.25) is 14.9 Å². The standard InChI is InChI=1S/C16H14ClNO4S/c1-2-22-15(19)10-11-4-3-5-14(16(11)18(20)21)23-13-8-6-12(17)7-9-13/h3-9H,2,10H2,1H3. The minimum absolute atomic E-state index is 0.0690. The van der Waals surface area contributed by atoms with E-state index in [4.69, 9.17) is 16.3 Å². The van der Waals surface area contributed by atoms with Crippen LogP contribution in [0.4, 0.5) is 5.69 Å². The normalized spacial score (nSPS) is 10.3. The van der Waals surface area contributed by atoms with Gasteiger partial charge in [-0.25, -0.2) is 0 Å². The van der Waals surface area contributed by atoms with Crippen LogP contribution in [0.15, 0.2) is 52.3 Å². The molecular weight excluding hydrogens is 338 g/mol. The molecule has 0 fully saturated rings. The van der Waals surface area contributed by atoms with Crippen LogP contribution >= 0.6 is 23.4 Å². The van der Waals surface area contributed by atoms with Crippen LogP contribution in [0, 0.1) is 10.1 Å². The van der Waals surface area contributed by atoms with E-state index in [1.54, 1.807) is 49.4 Å². The third-order valence-corrected chi connectivity index (χ3v) is 4.26. The van der Waals surface area contributed by atoms with Crippen LogP contribution in [-0.2, 0) is 16.0 Å². The van der Waals surface area contributed by atoms with E-state index in [0.29, 0.717) is 15.5 Å². The first kappa shape index (κ1) is 17.3. The molecule has 23 heavy (non-hydrogen) atoms. The summed E-state index contributed by atoms with van der Waals surface area (Å²) in [7, 11) is 0. The number of hydrogen-bond donors (Lipinski definition) is 0. The van der Waals surface area contributed by atoms with Gasteiger partial charge < -0.3 is 4.74 Å². The lowest BCUT2D eigenvalue weighted by Gasteiger charge is -2.08. The molecule has 120 valence electrons. The van der Waals surface area contributed by atoms with Crippen LogP contribution < -0.4 is 0 Å². The molecule has 0 N–H and O–H groups in total. The zero-order chi connectivity index (χ0) is 16.8. The van der Waals surface area contributed by atoms with Crippen LogP contribution in [-0.4, -0.2) is 17.5 Å². The fourth-order valence-corrected chi connectivity index (χ4v) is 3.10. The number of rotatable bonds is 6. The molecule has 0 aliphatic rings. The topological polar surface area (TPSA) is 69.4 Å². The Bertz CT molecular complexity index is 719. The summed E-state index contributed by atoms with van der Waals surface area (Å²) in [5, 5.41) is 12.0. The van der Waals surface area contributed by atoms with Crippen molar-refractivity contribution in [1.82, 2.24) is 0 Å². The highest BCUT2D eigenvalue weighted by Crippen LogP contribution is 2.37. The number of halogens is 1. The maximum Gasteiger partial charge on any atom is 0.310 e. The van der Waals surface area contributed by atoms with Crippen LogP contribution in [0.25, 0.3) is 0 Å². The van der Waals surface area contributed by atoms with Gasteiger partial charge in [0.15, 0.2) is 0 Å². The van der Waals surface area contributed by atoms with E-state index in [-0.39, 0.29) is 18.7 Å². The SMILES string of the molecule is CCOC(=O)Cc1cccc(Sc2ccc(Cl)cc2)c1[N+](=O)[O-]. The van der Waals surface area contributed by atoms with Crippen molar-refractivity contribution in [2.24, 2.45) is 0 Å². The van der Waals surface area contributed by atoms with Gasteiger partial charge in [0.25, 0.3) is 5.69 Å². The first-order valence-electron chi connectivity index (χ1n) is 6.86. The van der Waals surface area contributed by atoms with Crippen molar-refractivity contribution >= 4 is 35.0 Å². The van der Waals surface area contributed by atoms with Gasteiger partial charge in [-0.2, -0.15) is 0 Å². The molecule has 0 radical (unpaired) electrons. The number of nitrogens with zero attached hydrogens (tertiary/aromatic N) is 1. The average Bonchev–Trinajstić information content (AvgIpc) is 2.49. The van der Waals surface area contributed by atoms with Crippen molar-refractivity contribution in [3.8, 4) is 0 Å². The van der Waals surface area contributed by atoms with Crippen LogP contribution in [0.3, 0.4) is 0 Å². The summed E-state index contributed by atoms with van der Waals surface area (Å²) in [6, 6.07) is 11.9. The first-order valence-corrected chi connectivity index (χ1v) is 8.06. The molecular formula is C16H14ClNO4S. The first-order chi connectivity index (χ1) is 11.0. The molecule has 0 atom stereocenters. The van der Waals surface area contributed by atoms with E-state index >= 15 is 0 Å². The maximum atomic E-state index is 11.6. The highest BCUT2D eigenvalue weighted by atomic mass is 35.5. The zero-order valence-electron chi connectivity index (χ0n) is 12.3. The van der Waals surface area contributed by atoms with Crippen LogP contribution in [0.5, 0.6) is 0 Å². The number of benzene rings is 2. The van der Waals surface area contributed by atoms with E-state index in [0.717, 1.165) is 4.90 Å². The average molecular weight is 352 g/mol.